The van der Waals surface area contributed by atoms with Crippen molar-refractivity contribution >= 4 is 21.4 Å². The molecule has 4 nitrogen and oxygen atoms in total. The molecule has 0 aliphatic rings. The maximum Gasteiger partial charge on any atom is 0.0860 e. The van der Waals surface area contributed by atoms with Crippen molar-refractivity contribution in [3.8, 4) is 0 Å². The van der Waals surface area contributed by atoms with Crippen molar-refractivity contribution in [1.29, 1.82) is 0 Å². The molecule has 0 saturated heterocycles. The lowest BCUT2D eigenvalue weighted by Gasteiger charge is -2.12. The predicted molar refractivity (Wildman–Crippen MR) is 81.8 cm³/mol. The molecule has 3 rings (SSSR count). The quantitative estimate of drug-likeness (QED) is 0.731. The van der Waals surface area contributed by atoms with Gasteiger partial charge in [0.05, 0.1) is 12.6 Å². The van der Waals surface area contributed by atoms with Crippen molar-refractivity contribution in [3.05, 3.63) is 53.7 Å². The number of aliphatic hydroxyl groups is 1. The molecule has 0 saturated carbocycles. The van der Waals surface area contributed by atoms with Gasteiger partial charge in [-0.1, -0.05) is 18.2 Å². The Morgan fingerprint density at radius 3 is 3.10 bits per heavy atom. The van der Waals surface area contributed by atoms with Crippen molar-refractivity contribution in [3.63, 3.8) is 0 Å². The van der Waals surface area contributed by atoms with E-state index in [2.05, 4.69) is 40.1 Å². The number of nitrogens with zero attached hydrogens (tertiary/aromatic N) is 2. The smallest absolute Gasteiger partial charge is 0.0860 e. The number of hydrogen-bond donors (Lipinski definition) is 2. The van der Waals surface area contributed by atoms with Crippen molar-refractivity contribution in [2.75, 3.05) is 6.54 Å². The van der Waals surface area contributed by atoms with Crippen LogP contribution in [0.3, 0.4) is 0 Å². The van der Waals surface area contributed by atoms with E-state index in [9.17, 15) is 5.11 Å². The van der Waals surface area contributed by atoms with E-state index in [1.807, 2.05) is 12.3 Å². The third kappa shape index (κ3) is 3.07. The fourth-order valence-corrected chi connectivity index (χ4v) is 3.17. The molecule has 104 valence electrons. The number of hydrogen-bond acceptors (Lipinski definition) is 4. The lowest BCUT2D eigenvalue weighted by Crippen LogP contribution is -2.30. The Morgan fingerprint density at radius 2 is 2.25 bits per heavy atom. The van der Waals surface area contributed by atoms with Gasteiger partial charge in [0.2, 0.25) is 0 Å². The molecule has 0 fully saturated rings. The molecule has 2 heterocycles. The Kier molecular flexibility index (Phi) is 4.11. The van der Waals surface area contributed by atoms with Gasteiger partial charge in [-0.2, -0.15) is 5.10 Å². The first kappa shape index (κ1) is 13.3. The van der Waals surface area contributed by atoms with Gasteiger partial charge in [-0.15, -0.1) is 11.3 Å². The highest BCUT2D eigenvalue weighted by molar-refractivity contribution is 7.17. The maximum atomic E-state index is 9.95. The van der Waals surface area contributed by atoms with Gasteiger partial charge in [-0.3, -0.25) is 4.68 Å². The maximum absolute atomic E-state index is 9.95. The molecule has 20 heavy (non-hydrogen) atoms. The number of aliphatic hydroxyl groups excluding tert-OH is 1. The van der Waals surface area contributed by atoms with Crippen LogP contribution < -0.4 is 5.32 Å². The van der Waals surface area contributed by atoms with Crippen LogP contribution in [-0.2, 0) is 13.1 Å². The van der Waals surface area contributed by atoms with Crippen LogP contribution in [0.1, 0.15) is 5.56 Å². The van der Waals surface area contributed by atoms with Gasteiger partial charge in [0.15, 0.2) is 0 Å². The van der Waals surface area contributed by atoms with Gasteiger partial charge in [0, 0.05) is 30.2 Å². The molecule has 1 aromatic carbocycles. The first-order valence-corrected chi connectivity index (χ1v) is 7.52. The topological polar surface area (TPSA) is 50.1 Å². The molecule has 2 aromatic heterocycles. The van der Waals surface area contributed by atoms with E-state index in [1.54, 1.807) is 22.2 Å². The number of benzene rings is 1. The fourth-order valence-electron chi connectivity index (χ4n) is 2.26. The zero-order valence-electron chi connectivity index (χ0n) is 11.1. The average molecular weight is 287 g/mol. The minimum atomic E-state index is -0.433. The normalized spacial score (nSPS) is 12.8. The van der Waals surface area contributed by atoms with Crippen molar-refractivity contribution in [2.45, 2.75) is 19.2 Å². The lowest BCUT2D eigenvalue weighted by atomic mass is 10.1. The summed E-state index contributed by atoms with van der Waals surface area (Å²) in [6.07, 6.45) is 3.14. The molecular formula is C15H17N3OS. The van der Waals surface area contributed by atoms with Crippen LogP contribution in [0, 0.1) is 0 Å². The number of aromatic nitrogens is 2. The monoisotopic (exact) mass is 287 g/mol. The first-order chi connectivity index (χ1) is 9.83. The average Bonchev–Trinajstić information content (AvgIpc) is 3.09. The molecule has 1 atom stereocenters. The second-order valence-corrected chi connectivity index (χ2v) is 5.69. The Hall–Kier alpha value is -1.69. The summed E-state index contributed by atoms with van der Waals surface area (Å²) in [5.74, 6) is 0. The van der Waals surface area contributed by atoms with Crippen molar-refractivity contribution in [2.24, 2.45) is 0 Å². The molecule has 0 amide bonds. The number of rotatable bonds is 6. The molecule has 0 bridgehead atoms. The van der Waals surface area contributed by atoms with E-state index >= 15 is 0 Å². The minimum Gasteiger partial charge on any atom is -0.390 e. The fraction of sp³-hybridized carbons (Fsp3) is 0.267. The van der Waals surface area contributed by atoms with Crippen molar-refractivity contribution < 1.29 is 5.11 Å². The molecule has 0 spiro atoms. The third-order valence-electron chi connectivity index (χ3n) is 3.21. The summed E-state index contributed by atoms with van der Waals surface area (Å²) < 4.78 is 3.06. The van der Waals surface area contributed by atoms with E-state index in [4.69, 9.17) is 0 Å². The van der Waals surface area contributed by atoms with Gasteiger partial charge >= 0.3 is 0 Å². The second-order valence-electron chi connectivity index (χ2n) is 4.77. The Bertz CT molecular complexity index is 663. The molecular weight excluding hydrogens is 270 g/mol. The number of fused-ring (bicyclic) bond motifs is 1. The zero-order chi connectivity index (χ0) is 13.8. The van der Waals surface area contributed by atoms with E-state index in [0.717, 1.165) is 6.54 Å². The van der Waals surface area contributed by atoms with Crippen LogP contribution >= 0.6 is 11.3 Å². The molecule has 2 N–H and O–H groups in total. The van der Waals surface area contributed by atoms with Crippen LogP contribution in [0.4, 0.5) is 0 Å². The summed E-state index contributed by atoms with van der Waals surface area (Å²) in [6, 6.07) is 10.3. The van der Waals surface area contributed by atoms with E-state index in [-0.39, 0.29) is 0 Å². The van der Waals surface area contributed by atoms with E-state index in [0.29, 0.717) is 13.1 Å². The summed E-state index contributed by atoms with van der Waals surface area (Å²) in [7, 11) is 0. The van der Waals surface area contributed by atoms with Crippen LogP contribution in [0.15, 0.2) is 48.1 Å². The van der Waals surface area contributed by atoms with Gasteiger partial charge in [-0.05, 0) is 28.5 Å². The van der Waals surface area contributed by atoms with Crippen LogP contribution in [-0.4, -0.2) is 27.5 Å². The summed E-state index contributed by atoms with van der Waals surface area (Å²) in [5.41, 5.74) is 1.28. The van der Waals surface area contributed by atoms with Crippen LogP contribution in [0.2, 0.25) is 0 Å². The Morgan fingerprint density at radius 1 is 1.30 bits per heavy atom. The SMILES string of the molecule is OC(CNCc1cccc2ccsc12)Cn1cccn1. The molecule has 1 unspecified atom stereocenters. The Labute approximate surface area is 121 Å². The standard InChI is InChI=1S/C15H17N3OS/c19-14(11-18-7-2-6-17-18)10-16-9-13-4-1-3-12-5-8-20-15(12)13/h1-8,14,16,19H,9-11H2. The van der Waals surface area contributed by atoms with Crippen molar-refractivity contribution in [1.82, 2.24) is 15.1 Å². The van der Waals surface area contributed by atoms with E-state index in [1.165, 1.54) is 15.6 Å². The summed E-state index contributed by atoms with van der Waals surface area (Å²) in [4.78, 5) is 0. The molecule has 0 radical (unpaired) electrons. The number of thiophene rings is 1. The molecule has 5 heteroatoms. The lowest BCUT2D eigenvalue weighted by molar-refractivity contribution is 0.146. The Balaban J connectivity index is 1.53. The van der Waals surface area contributed by atoms with Crippen LogP contribution in [0.25, 0.3) is 10.1 Å². The van der Waals surface area contributed by atoms with Gasteiger partial charge in [0.25, 0.3) is 0 Å². The van der Waals surface area contributed by atoms with Gasteiger partial charge < -0.3 is 10.4 Å². The minimum absolute atomic E-state index is 0.433. The molecule has 0 aliphatic heterocycles. The van der Waals surface area contributed by atoms with Gasteiger partial charge in [-0.25, -0.2) is 0 Å². The van der Waals surface area contributed by atoms with Crippen LogP contribution in [0.5, 0.6) is 0 Å². The third-order valence-corrected chi connectivity index (χ3v) is 4.22. The highest BCUT2D eigenvalue weighted by atomic mass is 32.1. The largest absolute Gasteiger partial charge is 0.390 e. The molecule has 0 aliphatic carbocycles. The van der Waals surface area contributed by atoms with E-state index < -0.39 is 6.10 Å². The second kappa shape index (κ2) is 6.17. The summed E-state index contributed by atoms with van der Waals surface area (Å²) >= 11 is 1.76. The predicted octanol–water partition coefficient (Wildman–Crippen LogP) is 2.25. The molecule has 3 aromatic rings. The summed E-state index contributed by atoms with van der Waals surface area (Å²) in [5, 5.41) is 20.7. The highest BCUT2D eigenvalue weighted by Gasteiger charge is 2.06. The van der Waals surface area contributed by atoms with Gasteiger partial charge in [0.1, 0.15) is 0 Å². The summed E-state index contributed by atoms with van der Waals surface area (Å²) in [6.45, 7) is 1.85. The highest BCUT2D eigenvalue weighted by Crippen LogP contribution is 2.24. The zero-order valence-corrected chi connectivity index (χ0v) is 11.9. The number of nitrogens with one attached hydrogen (secondary N) is 1. The first-order valence-electron chi connectivity index (χ1n) is 6.64.